The number of rotatable bonds is 10. The number of hydrogen-bond acceptors (Lipinski definition) is 8. The number of anilines is 1. The second-order valence-corrected chi connectivity index (χ2v) is 10.3. The fraction of sp³-hybridized carbons (Fsp3) is 0.462. The van der Waals surface area contributed by atoms with E-state index in [0.717, 1.165) is 12.1 Å². The number of ether oxygens (including phenoxy) is 1. The molecule has 3 rings (SSSR count). The number of halogens is 3. The van der Waals surface area contributed by atoms with Gasteiger partial charge in [0.05, 0.1) is 11.8 Å². The predicted molar refractivity (Wildman–Crippen MR) is 137 cm³/mol. The van der Waals surface area contributed by atoms with Gasteiger partial charge in [-0.3, -0.25) is 14.7 Å². The van der Waals surface area contributed by atoms with E-state index < -0.39 is 47.1 Å². The van der Waals surface area contributed by atoms with Crippen molar-refractivity contribution in [3.8, 4) is 11.5 Å². The average molecular weight is 565 g/mol. The molecule has 2 amide bonds. The molecule has 14 heteroatoms. The number of nitrogens with one attached hydrogen (secondary N) is 3. The van der Waals surface area contributed by atoms with Gasteiger partial charge in [-0.15, -0.1) is 10.2 Å². The van der Waals surface area contributed by atoms with Gasteiger partial charge in [0, 0.05) is 17.0 Å². The molecule has 3 N–H and O–H groups in total. The highest BCUT2D eigenvalue weighted by Gasteiger charge is 2.37. The van der Waals surface area contributed by atoms with Crippen LogP contribution in [0.2, 0.25) is 0 Å². The van der Waals surface area contributed by atoms with Crippen LogP contribution in [-0.4, -0.2) is 44.2 Å². The Kier molecular flexibility index (Phi) is 9.32. The Balaban J connectivity index is 1.79. The van der Waals surface area contributed by atoms with Gasteiger partial charge in [0.15, 0.2) is 6.10 Å². The normalized spacial score (nSPS) is 13.4. The summed E-state index contributed by atoms with van der Waals surface area (Å²) in [5.74, 6) is -1.95. The number of Topliss-reactive ketones (excluding diaryl/α,β-unsaturated/α-hetero) is 1. The Bertz CT molecular complexity index is 1330. The molecule has 0 radical (unpaired) electrons. The molecular weight excluding hydrogens is 533 g/mol. The Morgan fingerprint density at radius 2 is 1.85 bits per heavy atom. The number of unbranched alkanes of at least 4 members (excludes halogenated alkanes) is 1. The third kappa shape index (κ3) is 7.90. The third-order valence-electron chi connectivity index (χ3n) is 5.76. The van der Waals surface area contributed by atoms with Gasteiger partial charge in [-0.2, -0.15) is 18.3 Å². The van der Waals surface area contributed by atoms with Gasteiger partial charge in [0.25, 0.3) is 11.8 Å². The quantitative estimate of drug-likeness (QED) is 0.278. The summed E-state index contributed by atoms with van der Waals surface area (Å²) in [6, 6.07) is 3.63. The molecule has 2 aromatic heterocycles. The summed E-state index contributed by atoms with van der Waals surface area (Å²) >= 11 is 0. The van der Waals surface area contributed by atoms with E-state index in [1.165, 1.54) is 25.3 Å². The minimum atomic E-state index is -4.57. The van der Waals surface area contributed by atoms with E-state index in [1.807, 2.05) is 6.92 Å². The zero-order valence-electron chi connectivity index (χ0n) is 22.7. The minimum absolute atomic E-state index is 0.0525. The standard InChI is InChI=1S/C26H31F3N6O5/c1-6-7-8-17(19(36)21(37)32-18-9-10-30-33-18)31-24(38)39-20(25(3,4)5)23-35-34-22(40-23)15-11-14(2)12-16(13-15)26(27,28)29/h9-13,17,20H,6-8H2,1-5H3,(H,31,38)(H2,30,32,33,37)/t17-,20+/m0/s1. The molecule has 0 aliphatic rings. The van der Waals surface area contributed by atoms with Gasteiger partial charge in [0.1, 0.15) is 11.9 Å². The average Bonchev–Trinajstić information content (AvgIpc) is 3.55. The largest absolute Gasteiger partial charge is 0.436 e. The van der Waals surface area contributed by atoms with Crippen molar-refractivity contribution >= 4 is 23.6 Å². The van der Waals surface area contributed by atoms with Crippen molar-refractivity contribution in [2.45, 2.75) is 72.2 Å². The number of aryl methyl sites for hydroxylation is 1. The van der Waals surface area contributed by atoms with Crippen LogP contribution in [0.4, 0.5) is 23.8 Å². The van der Waals surface area contributed by atoms with Crippen LogP contribution in [0.5, 0.6) is 0 Å². The molecule has 2 atom stereocenters. The first-order chi connectivity index (χ1) is 18.7. The molecule has 0 bridgehead atoms. The highest BCUT2D eigenvalue weighted by molar-refractivity contribution is 6.42. The van der Waals surface area contributed by atoms with Crippen LogP contribution in [0, 0.1) is 12.3 Å². The number of H-pyrrole nitrogens is 1. The maximum Gasteiger partial charge on any atom is 0.416 e. The van der Waals surface area contributed by atoms with Crippen LogP contribution in [0.3, 0.4) is 0 Å². The zero-order valence-corrected chi connectivity index (χ0v) is 22.7. The Morgan fingerprint density at radius 1 is 1.12 bits per heavy atom. The van der Waals surface area contributed by atoms with Crippen LogP contribution < -0.4 is 10.6 Å². The molecule has 0 fully saturated rings. The van der Waals surface area contributed by atoms with Crippen LogP contribution in [0.1, 0.15) is 70.1 Å². The number of aromatic amines is 1. The van der Waals surface area contributed by atoms with Gasteiger partial charge in [-0.1, -0.05) is 40.5 Å². The van der Waals surface area contributed by atoms with Gasteiger partial charge in [0.2, 0.25) is 11.7 Å². The van der Waals surface area contributed by atoms with Gasteiger partial charge in [-0.25, -0.2) is 4.79 Å². The van der Waals surface area contributed by atoms with Crippen LogP contribution in [0.15, 0.2) is 34.9 Å². The fourth-order valence-electron chi connectivity index (χ4n) is 3.75. The van der Waals surface area contributed by atoms with E-state index in [-0.39, 0.29) is 29.6 Å². The maximum atomic E-state index is 13.3. The van der Waals surface area contributed by atoms with Crippen LogP contribution >= 0.6 is 0 Å². The highest BCUT2D eigenvalue weighted by atomic mass is 19.4. The smallest absolute Gasteiger partial charge is 0.416 e. The van der Waals surface area contributed by atoms with E-state index in [4.69, 9.17) is 9.15 Å². The molecule has 0 saturated carbocycles. The molecule has 0 saturated heterocycles. The van der Waals surface area contributed by atoms with Crippen molar-refractivity contribution in [1.29, 1.82) is 0 Å². The fourth-order valence-corrected chi connectivity index (χ4v) is 3.75. The number of ketones is 1. The van der Waals surface area contributed by atoms with Crippen molar-refractivity contribution in [3.63, 3.8) is 0 Å². The zero-order chi connectivity index (χ0) is 29.7. The predicted octanol–water partition coefficient (Wildman–Crippen LogP) is 5.37. The minimum Gasteiger partial charge on any atom is -0.436 e. The number of benzene rings is 1. The first kappa shape index (κ1) is 30.3. The molecule has 40 heavy (non-hydrogen) atoms. The number of nitrogens with zero attached hydrogens (tertiary/aromatic N) is 3. The Morgan fingerprint density at radius 3 is 2.45 bits per heavy atom. The van der Waals surface area contributed by atoms with Crippen LogP contribution in [-0.2, 0) is 20.5 Å². The number of aromatic nitrogens is 4. The van der Waals surface area contributed by atoms with E-state index in [0.29, 0.717) is 18.4 Å². The summed E-state index contributed by atoms with van der Waals surface area (Å²) in [5.41, 5.74) is -1.28. The van der Waals surface area contributed by atoms with Crippen molar-refractivity contribution in [2.75, 3.05) is 5.32 Å². The Hall–Kier alpha value is -4.23. The molecule has 0 spiro atoms. The van der Waals surface area contributed by atoms with Crippen LogP contribution in [0.25, 0.3) is 11.5 Å². The number of alkyl halides is 3. The molecule has 0 aliphatic heterocycles. The summed E-state index contributed by atoms with van der Waals surface area (Å²) in [5, 5.41) is 18.8. The van der Waals surface area contributed by atoms with Crippen molar-refractivity contribution in [3.05, 3.63) is 47.5 Å². The lowest BCUT2D eigenvalue weighted by Gasteiger charge is -2.28. The first-order valence-electron chi connectivity index (χ1n) is 12.5. The lowest BCUT2D eigenvalue weighted by atomic mass is 9.89. The summed E-state index contributed by atoms with van der Waals surface area (Å²) in [6.45, 7) is 8.56. The second-order valence-electron chi connectivity index (χ2n) is 10.3. The number of alkyl carbamates (subject to hydrolysis) is 1. The maximum absolute atomic E-state index is 13.3. The molecular formula is C26H31F3N6O5. The number of carbonyl (C=O) groups excluding carboxylic acids is 3. The van der Waals surface area contributed by atoms with Gasteiger partial charge >= 0.3 is 12.3 Å². The van der Waals surface area contributed by atoms with E-state index in [1.54, 1.807) is 20.8 Å². The molecule has 11 nitrogen and oxygen atoms in total. The monoisotopic (exact) mass is 564 g/mol. The van der Waals surface area contributed by atoms with Gasteiger partial charge < -0.3 is 19.8 Å². The SMILES string of the molecule is CCCC[C@H](NC(=O)O[C@H](c1nnc(-c2cc(C)cc(C(F)(F)F)c2)o1)C(C)(C)C)C(=O)C(=O)Nc1ccn[nH]1. The Labute approximate surface area is 228 Å². The van der Waals surface area contributed by atoms with E-state index >= 15 is 0 Å². The molecule has 0 aliphatic carbocycles. The third-order valence-corrected chi connectivity index (χ3v) is 5.76. The van der Waals surface area contributed by atoms with E-state index in [2.05, 4.69) is 31.0 Å². The topological polar surface area (TPSA) is 152 Å². The lowest BCUT2D eigenvalue weighted by molar-refractivity contribution is -0.137. The summed E-state index contributed by atoms with van der Waals surface area (Å²) in [7, 11) is 0. The van der Waals surface area contributed by atoms with Crippen molar-refractivity contribution < 1.29 is 36.7 Å². The number of amides is 2. The summed E-state index contributed by atoms with van der Waals surface area (Å²) in [6.07, 6.45) is -3.90. The highest BCUT2D eigenvalue weighted by Crippen LogP contribution is 2.38. The van der Waals surface area contributed by atoms with E-state index in [9.17, 15) is 27.6 Å². The number of carbonyl (C=O) groups is 3. The summed E-state index contributed by atoms with van der Waals surface area (Å²) < 4.78 is 51.1. The first-order valence-corrected chi connectivity index (χ1v) is 12.5. The van der Waals surface area contributed by atoms with Crippen molar-refractivity contribution in [2.24, 2.45) is 5.41 Å². The second kappa shape index (κ2) is 12.3. The van der Waals surface area contributed by atoms with Gasteiger partial charge in [-0.05, 0) is 37.1 Å². The molecule has 2 heterocycles. The number of hydrogen-bond donors (Lipinski definition) is 3. The molecule has 216 valence electrons. The summed E-state index contributed by atoms with van der Waals surface area (Å²) in [4.78, 5) is 38.2. The molecule has 1 aromatic carbocycles. The lowest BCUT2D eigenvalue weighted by Crippen LogP contribution is -2.46. The molecule has 3 aromatic rings. The van der Waals surface area contributed by atoms with Crippen molar-refractivity contribution in [1.82, 2.24) is 25.7 Å². The molecule has 0 unspecified atom stereocenters.